The zero-order valence-corrected chi connectivity index (χ0v) is 14.9. The third-order valence-corrected chi connectivity index (χ3v) is 4.23. The molecule has 0 radical (unpaired) electrons. The van der Waals surface area contributed by atoms with E-state index < -0.39 is 11.2 Å². The fourth-order valence-electron chi connectivity index (χ4n) is 2.57. The van der Waals surface area contributed by atoms with Crippen molar-refractivity contribution in [2.24, 2.45) is 0 Å². The Kier molecular flexibility index (Phi) is 4.45. The molecule has 0 amide bonds. The summed E-state index contributed by atoms with van der Waals surface area (Å²) < 4.78 is 1.30. The Labute approximate surface area is 151 Å². The molecule has 0 fully saturated rings. The molecule has 25 heavy (non-hydrogen) atoms. The third kappa shape index (κ3) is 3.33. The molecule has 0 saturated carbocycles. The number of rotatable bonds is 3. The molecule has 2 heterocycles. The maximum Gasteiger partial charge on any atom is 0.329 e. The summed E-state index contributed by atoms with van der Waals surface area (Å²) in [7, 11) is 3.58. The van der Waals surface area contributed by atoms with Gasteiger partial charge in [0.15, 0.2) is 5.43 Å². The summed E-state index contributed by atoms with van der Waals surface area (Å²) in [5, 5.41) is 0.608. The largest absolute Gasteiger partial charge is 0.364 e. The van der Waals surface area contributed by atoms with E-state index in [0.29, 0.717) is 22.1 Å². The van der Waals surface area contributed by atoms with Crippen molar-refractivity contribution in [1.82, 2.24) is 14.5 Å². The van der Waals surface area contributed by atoms with Crippen LogP contribution in [-0.4, -0.2) is 28.6 Å². The second-order valence-corrected chi connectivity index (χ2v) is 6.59. The van der Waals surface area contributed by atoms with E-state index >= 15 is 0 Å². The third-order valence-electron chi connectivity index (χ3n) is 3.71. The van der Waals surface area contributed by atoms with E-state index in [0.717, 1.165) is 0 Å². The monoisotopic (exact) mass is 380 g/mol. The van der Waals surface area contributed by atoms with Gasteiger partial charge >= 0.3 is 5.69 Å². The average Bonchev–Trinajstić information content (AvgIpc) is 2.49. The number of aromatic amines is 2. The molecule has 130 valence electrons. The number of H-pyrrole nitrogens is 2. The highest BCUT2D eigenvalue weighted by Crippen LogP contribution is 2.24. The van der Waals surface area contributed by atoms with Crippen LogP contribution in [0, 0.1) is 0 Å². The number of halogens is 2. The summed E-state index contributed by atoms with van der Waals surface area (Å²) >= 11 is 12.1. The minimum absolute atomic E-state index is 0.0414. The maximum absolute atomic E-state index is 12.3. The van der Waals surface area contributed by atoms with Crippen LogP contribution in [0.1, 0.15) is 5.69 Å². The van der Waals surface area contributed by atoms with Gasteiger partial charge in [-0.05, 0) is 12.1 Å². The summed E-state index contributed by atoms with van der Waals surface area (Å²) in [6, 6.07) is 5.77. The van der Waals surface area contributed by atoms with Gasteiger partial charge in [-0.2, -0.15) is 0 Å². The number of pyridine rings is 1. The fraction of sp³-hybridized carbons (Fsp3) is 0.188. The lowest BCUT2D eigenvalue weighted by Gasteiger charge is -2.15. The molecule has 1 aromatic carbocycles. The molecule has 2 N–H and O–H groups in total. The Morgan fingerprint density at radius 2 is 1.76 bits per heavy atom. The quantitative estimate of drug-likeness (QED) is 0.724. The Balaban J connectivity index is 2.25. The molecule has 3 aromatic rings. The van der Waals surface area contributed by atoms with Crippen molar-refractivity contribution in [2.45, 2.75) is 6.54 Å². The molecule has 0 aliphatic carbocycles. The molecule has 3 rings (SSSR count). The van der Waals surface area contributed by atoms with Crippen LogP contribution in [0.5, 0.6) is 0 Å². The highest BCUT2D eigenvalue weighted by Gasteiger charge is 2.13. The average molecular weight is 381 g/mol. The topological polar surface area (TPSA) is 91.0 Å². The lowest BCUT2D eigenvalue weighted by atomic mass is 10.2. The van der Waals surface area contributed by atoms with Crippen LogP contribution >= 0.6 is 23.2 Å². The van der Waals surface area contributed by atoms with Gasteiger partial charge in [0.25, 0.3) is 5.56 Å². The van der Waals surface area contributed by atoms with Gasteiger partial charge in [0.2, 0.25) is 0 Å². The van der Waals surface area contributed by atoms with E-state index in [9.17, 15) is 14.4 Å². The van der Waals surface area contributed by atoms with Crippen molar-refractivity contribution < 1.29 is 0 Å². The lowest BCUT2D eigenvalue weighted by Crippen LogP contribution is -2.31. The number of aromatic nitrogens is 3. The summed E-state index contributed by atoms with van der Waals surface area (Å²) in [5.41, 5.74) is -0.610. The van der Waals surface area contributed by atoms with Gasteiger partial charge in [0, 0.05) is 36.9 Å². The molecule has 0 unspecified atom stereocenters. The van der Waals surface area contributed by atoms with E-state index in [1.165, 1.54) is 28.8 Å². The minimum atomic E-state index is -0.619. The van der Waals surface area contributed by atoms with Crippen LogP contribution in [0.2, 0.25) is 10.0 Å². The molecule has 0 spiro atoms. The number of fused-ring (bicyclic) bond motifs is 1. The van der Waals surface area contributed by atoms with Gasteiger partial charge < -0.3 is 9.88 Å². The zero-order valence-electron chi connectivity index (χ0n) is 13.4. The summed E-state index contributed by atoms with van der Waals surface area (Å²) in [5.74, 6) is 0.598. The van der Waals surface area contributed by atoms with Crippen molar-refractivity contribution in [3.63, 3.8) is 0 Å². The van der Waals surface area contributed by atoms with Crippen LogP contribution < -0.4 is 21.6 Å². The summed E-state index contributed by atoms with van der Waals surface area (Å²) in [6.45, 7) is 0.0414. The SMILES string of the molecule is CN(C)c1cc(=O)cc(Cn2c(=O)[nH]c(=O)c3c(Cl)cc(Cl)cc32)[nH]1. The van der Waals surface area contributed by atoms with Crippen LogP contribution in [0.3, 0.4) is 0 Å². The second-order valence-electron chi connectivity index (χ2n) is 5.75. The van der Waals surface area contributed by atoms with Crippen molar-refractivity contribution in [3.05, 3.63) is 71.1 Å². The molecule has 2 aromatic heterocycles. The lowest BCUT2D eigenvalue weighted by molar-refractivity contribution is 0.736. The highest BCUT2D eigenvalue weighted by atomic mass is 35.5. The van der Waals surface area contributed by atoms with Crippen LogP contribution in [0.25, 0.3) is 10.9 Å². The Hall–Kier alpha value is -2.51. The number of nitrogens with zero attached hydrogens (tertiary/aromatic N) is 2. The van der Waals surface area contributed by atoms with Crippen LogP contribution in [0.4, 0.5) is 5.82 Å². The Morgan fingerprint density at radius 3 is 2.44 bits per heavy atom. The molecular weight excluding hydrogens is 367 g/mol. The number of benzene rings is 1. The summed E-state index contributed by atoms with van der Waals surface area (Å²) in [4.78, 5) is 43.3. The zero-order chi connectivity index (χ0) is 18.3. The number of nitrogens with one attached hydrogen (secondary N) is 2. The van der Waals surface area contributed by atoms with Gasteiger partial charge in [-0.15, -0.1) is 0 Å². The van der Waals surface area contributed by atoms with Crippen LogP contribution in [0.15, 0.2) is 38.6 Å². The van der Waals surface area contributed by atoms with E-state index in [-0.39, 0.29) is 22.4 Å². The second kappa shape index (κ2) is 6.42. The molecule has 0 atom stereocenters. The molecule has 0 aliphatic heterocycles. The molecular formula is C16H14Cl2N4O3. The first-order valence-corrected chi connectivity index (χ1v) is 8.04. The summed E-state index contributed by atoms with van der Waals surface area (Å²) in [6.07, 6.45) is 0. The molecule has 0 saturated heterocycles. The van der Waals surface area contributed by atoms with Crippen LogP contribution in [-0.2, 0) is 6.54 Å². The Morgan fingerprint density at radius 1 is 1.04 bits per heavy atom. The van der Waals surface area contributed by atoms with Gasteiger partial charge in [0.05, 0.1) is 22.5 Å². The molecule has 0 aliphatic rings. The van der Waals surface area contributed by atoms with Crippen molar-refractivity contribution in [2.75, 3.05) is 19.0 Å². The van der Waals surface area contributed by atoms with E-state index in [1.807, 2.05) is 0 Å². The normalized spacial score (nSPS) is 11.0. The number of hydrogen-bond acceptors (Lipinski definition) is 4. The van der Waals surface area contributed by atoms with Gasteiger partial charge in [-0.25, -0.2) is 4.79 Å². The maximum atomic E-state index is 12.3. The van der Waals surface area contributed by atoms with E-state index in [2.05, 4.69) is 9.97 Å². The van der Waals surface area contributed by atoms with E-state index in [1.54, 1.807) is 19.0 Å². The first-order chi connectivity index (χ1) is 11.8. The standard InChI is InChI=1S/C16H14Cl2N4O3/c1-21(2)13-6-10(23)5-9(19-13)7-22-12-4-8(17)3-11(18)14(12)15(24)20-16(22)25/h3-6H,7H2,1-2H3,(H,19,23)(H,20,24,25). The smallest absolute Gasteiger partial charge is 0.329 e. The van der Waals surface area contributed by atoms with Gasteiger partial charge in [-0.3, -0.25) is 19.1 Å². The number of hydrogen-bond donors (Lipinski definition) is 2. The minimum Gasteiger partial charge on any atom is -0.364 e. The molecule has 7 nitrogen and oxygen atoms in total. The van der Waals surface area contributed by atoms with Crippen molar-refractivity contribution >= 4 is 39.9 Å². The first kappa shape index (κ1) is 17.3. The Bertz CT molecular complexity index is 1140. The van der Waals surface area contributed by atoms with Gasteiger partial charge in [-0.1, -0.05) is 23.2 Å². The highest BCUT2D eigenvalue weighted by molar-refractivity contribution is 6.38. The predicted octanol–water partition coefficient (Wildman–Crippen LogP) is 1.80. The molecule has 0 bridgehead atoms. The fourth-order valence-corrected chi connectivity index (χ4v) is 3.14. The van der Waals surface area contributed by atoms with E-state index in [4.69, 9.17) is 23.2 Å². The van der Waals surface area contributed by atoms with Crippen molar-refractivity contribution in [3.8, 4) is 0 Å². The van der Waals surface area contributed by atoms with Gasteiger partial charge in [0.1, 0.15) is 5.82 Å². The predicted molar refractivity (Wildman–Crippen MR) is 99.3 cm³/mol. The number of anilines is 1. The molecule has 9 heteroatoms. The van der Waals surface area contributed by atoms with Crippen molar-refractivity contribution in [1.29, 1.82) is 0 Å². The first-order valence-electron chi connectivity index (χ1n) is 7.28.